The third-order valence-electron chi connectivity index (χ3n) is 3.75. The van der Waals surface area contributed by atoms with E-state index in [4.69, 9.17) is 16.3 Å². The van der Waals surface area contributed by atoms with Crippen LogP contribution in [0.15, 0.2) is 48.5 Å². The van der Waals surface area contributed by atoms with Crippen molar-refractivity contribution in [1.29, 1.82) is 0 Å². The average molecular weight is 346 g/mol. The van der Waals surface area contributed by atoms with Crippen molar-refractivity contribution in [2.75, 3.05) is 11.9 Å². The molecule has 0 aromatic heterocycles. The Kier molecular flexibility index (Phi) is 6.38. The second-order valence-electron chi connectivity index (χ2n) is 5.64. The number of nitrogens with one attached hydrogen (secondary N) is 1. The number of carbonyl (C=O) groups is 2. The molecule has 0 radical (unpaired) electrons. The van der Waals surface area contributed by atoms with Gasteiger partial charge in [-0.3, -0.25) is 9.59 Å². The van der Waals surface area contributed by atoms with Gasteiger partial charge < -0.3 is 10.1 Å². The van der Waals surface area contributed by atoms with Gasteiger partial charge in [-0.2, -0.15) is 0 Å². The highest BCUT2D eigenvalue weighted by atomic mass is 35.5. The van der Waals surface area contributed by atoms with E-state index in [0.717, 1.165) is 11.1 Å². The highest BCUT2D eigenvalue weighted by molar-refractivity contribution is 6.31. The Morgan fingerprint density at radius 1 is 1.12 bits per heavy atom. The molecule has 5 heteroatoms. The summed E-state index contributed by atoms with van der Waals surface area (Å²) in [6, 6.07) is 15.0. The molecule has 2 aromatic rings. The first-order chi connectivity index (χ1) is 11.5. The molecule has 0 fully saturated rings. The molecule has 24 heavy (non-hydrogen) atoms. The summed E-state index contributed by atoms with van der Waals surface area (Å²) in [6.45, 7) is 3.45. The monoisotopic (exact) mass is 345 g/mol. The van der Waals surface area contributed by atoms with E-state index in [1.54, 1.807) is 18.2 Å². The second-order valence-corrected chi connectivity index (χ2v) is 6.04. The first-order valence-corrected chi connectivity index (χ1v) is 8.10. The fraction of sp³-hybridized carbons (Fsp3) is 0.263. The van der Waals surface area contributed by atoms with Crippen LogP contribution in [0.25, 0.3) is 0 Å². The van der Waals surface area contributed by atoms with E-state index in [0.29, 0.717) is 10.7 Å². The molecule has 0 bridgehead atoms. The van der Waals surface area contributed by atoms with Gasteiger partial charge in [0.25, 0.3) is 5.91 Å². The Bertz CT molecular complexity index is 716. The summed E-state index contributed by atoms with van der Waals surface area (Å²) >= 11 is 6.00. The predicted molar refractivity (Wildman–Crippen MR) is 95.3 cm³/mol. The Morgan fingerprint density at radius 3 is 2.54 bits per heavy atom. The molecule has 1 N–H and O–H groups in total. The van der Waals surface area contributed by atoms with Gasteiger partial charge in [0.05, 0.1) is 6.42 Å². The molecule has 0 unspecified atom stereocenters. The van der Waals surface area contributed by atoms with Gasteiger partial charge in [0, 0.05) is 10.7 Å². The number of ether oxygens (including phenoxy) is 1. The lowest BCUT2D eigenvalue weighted by atomic mass is 9.98. The number of hydrogen-bond donors (Lipinski definition) is 1. The van der Waals surface area contributed by atoms with Crippen LogP contribution < -0.4 is 5.32 Å². The summed E-state index contributed by atoms with van der Waals surface area (Å²) in [6.07, 6.45) is 0.230. The molecule has 4 nitrogen and oxygen atoms in total. The third kappa shape index (κ3) is 5.10. The summed E-state index contributed by atoms with van der Waals surface area (Å²) < 4.78 is 5.05. The van der Waals surface area contributed by atoms with Gasteiger partial charge in [-0.25, -0.2) is 0 Å². The van der Waals surface area contributed by atoms with Crippen molar-refractivity contribution in [2.24, 2.45) is 0 Å². The molecule has 0 aliphatic heterocycles. The van der Waals surface area contributed by atoms with Crippen molar-refractivity contribution >= 4 is 29.2 Å². The number of benzene rings is 2. The topological polar surface area (TPSA) is 55.4 Å². The fourth-order valence-electron chi connectivity index (χ4n) is 2.28. The van der Waals surface area contributed by atoms with E-state index in [9.17, 15) is 9.59 Å². The molecule has 2 rings (SSSR count). The number of hydrogen-bond acceptors (Lipinski definition) is 3. The standard InChI is InChI=1S/C19H20ClNO3/c1-13(15-7-4-3-5-8-15)11-19(23)24-12-18(22)21-17-10-6-9-16(20)14(17)2/h3-10,13H,11-12H2,1-2H3,(H,21,22)/t13-/m1/s1. The number of rotatable bonds is 6. The minimum atomic E-state index is -0.399. The molecular weight excluding hydrogens is 326 g/mol. The van der Waals surface area contributed by atoms with Crippen LogP contribution in [0, 0.1) is 6.92 Å². The van der Waals surface area contributed by atoms with E-state index in [1.165, 1.54) is 0 Å². The Labute approximate surface area is 146 Å². The first kappa shape index (κ1) is 18.0. The zero-order chi connectivity index (χ0) is 17.5. The fourth-order valence-corrected chi connectivity index (χ4v) is 2.46. The normalized spacial score (nSPS) is 11.6. The maximum atomic E-state index is 11.9. The molecule has 2 aromatic carbocycles. The predicted octanol–water partition coefficient (Wildman–Crippen LogP) is 4.32. The van der Waals surface area contributed by atoms with E-state index in [-0.39, 0.29) is 24.9 Å². The van der Waals surface area contributed by atoms with Crippen LogP contribution in [0.2, 0.25) is 5.02 Å². The van der Waals surface area contributed by atoms with Crippen molar-refractivity contribution in [3.05, 3.63) is 64.7 Å². The van der Waals surface area contributed by atoms with Crippen molar-refractivity contribution < 1.29 is 14.3 Å². The van der Waals surface area contributed by atoms with Crippen LogP contribution >= 0.6 is 11.6 Å². The Morgan fingerprint density at radius 2 is 1.83 bits per heavy atom. The molecule has 126 valence electrons. The van der Waals surface area contributed by atoms with Gasteiger partial charge in [-0.15, -0.1) is 0 Å². The van der Waals surface area contributed by atoms with Gasteiger partial charge >= 0.3 is 5.97 Å². The van der Waals surface area contributed by atoms with E-state index in [1.807, 2.05) is 44.2 Å². The Balaban J connectivity index is 1.81. The van der Waals surface area contributed by atoms with Crippen molar-refractivity contribution in [3.8, 4) is 0 Å². The SMILES string of the molecule is Cc1c(Cl)cccc1NC(=O)COC(=O)C[C@@H](C)c1ccccc1. The maximum Gasteiger partial charge on any atom is 0.306 e. The van der Waals surface area contributed by atoms with E-state index in [2.05, 4.69) is 5.32 Å². The summed E-state index contributed by atoms with van der Waals surface area (Å²) in [4.78, 5) is 23.8. The quantitative estimate of drug-likeness (QED) is 0.793. The molecule has 0 spiro atoms. The van der Waals surface area contributed by atoms with Gasteiger partial charge in [-0.05, 0) is 36.1 Å². The van der Waals surface area contributed by atoms with Crippen molar-refractivity contribution in [1.82, 2.24) is 0 Å². The minimum Gasteiger partial charge on any atom is -0.456 e. The van der Waals surface area contributed by atoms with Gasteiger partial charge in [-0.1, -0.05) is 54.9 Å². The van der Waals surface area contributed by atoms with Crippen molar-refractivity contribution in [3.63, 3.8) is 0 Å². The van der Waals surface area contributed by atoms with Crippen LogP contribution in [0.4, 0.5) is 5.69 Å². The zero-order valence-electron chi connectivity index (χ0n) is 13.7. The summed E-state index contributed by atoms with van der Waals surface area (Å²) in [7, 11) is 0. The second kappa shape index (κ2) is 8.50. The van der Waals surface area contributed by atoms with Crippen LogP contribution in [0.1, 0.15) is 30.4 Å². The van der Waals surface area contributed by atoms with Crippen molar-refractivity contribution in [2.45, 2.75) is 26.2 Å². The first-order valence-electron chi connectivity index (χ1n) is 7.73. The molecule has 0 saturated carbocycles. The van der Waals surface area contributed by atoms with Crippen LogP contribution in [-0.4, -0.2) is 18.5 Å². The average Bonchev–Trinajstić information content (AvgIpc) is 2.58. The highest BCUT2D eigenvalue weighted by Crippen LogP contribution is 2.23. The smallest absolute Gasteiger partial charge is 0.306 e. The maximum absolute atomic E-state index is 11.9. The molecule has 0 heterocycles. The van der Waals surface area contributed by atoms with Gasteiger partial charge in [0.15, 0.2) is 6.61 Å². The zero-order valence-corrected chi connectivity index (χ0v) is 14.5. The van der Waals surface area contributed by atoms with Crippen LogP contribution in [0.5, 0.6) is 0 Å². The molecular formula is C19H20ClNO3. The number of anilines is 1. The molecule has 1 atom stereocenters. The third-order valence-corrected chi connectivity index (χ3v) is 4.16. The Hall–Kier alpha value is -2.33. The number of esters is 1. The van der Waals surface area contributed by atoms with Crippen LogP contribution in [-0.2, 0) is 14.3 Å². The minimum absolute atomic E-state index is 0.0388. The molecule has 0 aliphatic carbocycles. The van der Waals surface area contributed by atoms with Gasteiger partial charge in [0.2, 0.25) is 0 Å². The van der Waals surface area contributed by atoms with E-state index >= 15 is 0 Å². The number of carbonyl (C=O) groups excluding carboxylic acids is 2. The molecule has 0 saturated heterocycles. The molecule has 0 aliphatic rings. The summed E-state index contributed by atoms with van der Waals surface area (Å²) in [5.74, 6) is -0.748. The lowest BCUT2D eigenvalue weighted by molar-refractivity contribution is -0.147. The largest absolute Gasteiger partial charge is 0.456 e. The number of amides is 1. The van der Waals surface area contributed by atoms with E-state index < -0.39 is 5.97 Å². The molecule has 1 amide bonds. The number of halogens is 1. The summed E-state index contributed by atoms with van der Waals surface area (Å²) in [5.41, 5.74) is 2.45. The lowest BCUT2D eigenvalue weighted by Crippen LogP contribution is -2.21. The van der Waals surface area contributed by atoms with Crippen LogP contribution in [0.3, 0.4) is 0 Å². The van der Waals surface area contributed by atoms with Gasteiger partial charge in [0.1, 0.15) is 0 Å². The highest BCUT2D eigenvalue weighted by Gasteiger charge is 2.14. The summed E-state index contributed by atoms with van der Waals surface area (Å²) in [5, 5.41) is 3.26. The lowest BCUT2D eigenvalue weighted by Gasteiger charge is -2.12.